The lowest BCUT2D eigenvalue weighted by Gasteiger charge is -2.21. The van der Waals surface area contributed by atoms with Gasteiger partial charge in [0.1, 0.15) is 11.2 Å². The molecule has 0 amide bonds. The molecule has 0 radical (unpaired) electrons. The third kappa shape index (κ3) is 4.35. The molecule has 3 aromatic heterocycles. The smallest absolute Gasteiger partial charge is 0.160 e. The third-order valence-electron chi connectivity index (χ3n) is 10.3. The summed E-state index contributed by atoms with van der Waals surface area (Å²) in [7, 11) is 0. The van der Waals surface area contributed by atoms with Gasteiger partial charge in [-0.05, 0) is 52.6 Å². The Morgan fingerprint density at radius 2 is 1.10 bits per heavy atom. The van der Waals surface area contributed by atoms with Gasteiger partial charge >= 0.3 is 0 Å². The second kappa shape index (κ2) is 10.8. The zero-order chi connectivity index (χ0) is 33.4. The van der Waals surface area contributed by atoms with Crippen LogP contribution in [0.4, 0.5) is 0 Å². The van der Waals surface area contributed by atoms with Crippen LogP contribution in [0.2, 0.25) is 0 Å². The molecule has 0 unspecified atom stereocenters. The molecule has 9 aromatic rings. The van der Waals surface area contributed by atoms with Crippen LogP contribution in [-0.4, -0.2) is 15.0 Å². The van der Waals surface area contributed by atoms with Gasteiger partial charge in [0.05, 0.1) is 28.0 Å². The van der Waals surface area contributed by atoms with Crippen molar-refractivity contribution in [2.24, 2.45) is 0 Å². The van der Waals surface area contributed by atoms with Gasteiger partial charge in [0.2, 0.25) is 0 Å². The zero-order valence-corrected chi connectivity index (χ0v) is 27.7. The number of rotatable bonds is 4. The maximum absolute atomic E-state index is 6.43. The van der Waals surface area contributed by atoms with Gasteiger partial charge in [-0.2, -0.15) is 0 Å². The normalized spacial score (nSPS) is 13.2. The van der Waals surface area contributed by atoms with E-state index < -0.39 is 0 Å². The Morgan fingerprint density at radius 1 is 0.480 bits per heavy atom. The molecule has 1 aliphatic rings. The van der Waals surface area contributed by atoms with E-state index in [0.29, 0.717) is 5.82 Å². The predicted octanol–water partition coefficient (Wildman–Crippen LogP) is 11.9. The molecular formula is C46H31N3O. The van der Waals surface area contributed by atoms with Gasteiger partial charge in [-0.1, -0.05) is 135 Å². The molecule has 0 spiro atoms. The lowest BCUT2D eigenvalue weighted by atomic mass is 9.82. The van der Waals surface area contributed by atoms with Crippen LogP contribution in [-0.2, 0) is 5.41 Å². The first-order valence-electron chi connectivity index (χ1n) is 17.0. The van der Waals surface area contributed by atoms with Crippen LogP contribution in [0.3, 0.4) is 0 Å². The highest BCUT2D eigenvalue weighted by molar-refractivity contribution is 6.19. The lowest BCUT2D eigenvalue weighted by molar-refractivity contribution is 0.660. The molecule has 0 N–H and O–H groups in total. The van der Waals surface area contributed by atoms with Crippen LogP contribution in [0.15, 0.2) is 156 Å². The van der Waals surface area contributed by atoms with E-state index in [2.05, 4.69) is 129 Å². The molecule has 50 heavy (non-hydrogen) atoms. The minimum Gasteiger partial charge on any atom is -0.455 e. The van der Waals surface area contributed by atoms with Crippen LogP contribution in [0.5, 0.6) is 0 Å². The Bertz CT molecular complexity index is 2780. The molecule has 0 saturated carbocycles. The summed E-state index contributed by atoms with van der Waals surface area (Å²) in [5, 5.41) is 3.11. The minimum absolute atomic E-state index is 0.111. The van der Waals surface area contributed by atoms with Gasteiger partial charge in [-0.15, -0.1) is 0 Å². The summed E-state index contributed by atoms with van der Waals surface area (Å²) in [6.07, 6.45) is 0. The van der Waals surface area contributed by atoms with Gasteiger partial charge in [-0.3, -0.25) is 0 Å². The first kappa shape index (κ1) is 28.6. The van der Waals surface area contributed by atoms with Crippen LogP contribution >= 0.6 is 0 Å². The molecule has 0 bridgehead atoms. The van der Waals surface area contributed by atoms with Crippen LogP contribution < -0.4 is 0 Å². The Hall–Kier alpha value is -6.39. The number of fused-ring (bicyclic) bond motifs is 8. The maximum atomic E-state index is 6.43. The van der Waals surface area contributed by atoms with Crippen molar-refractivity contribution in [1.29, 1.82) is 0 Å². The monoisotopic (exact) mass is 641 g/mol. The average Bonchev–Trinajstić information content (AvgIpc) is 3.68. The fourth-order valence-electron chi connectivity index (χ4n) is 7.74. The maximum Gasteiger partial charge on any atom is 0.160 e. The summed E-state index contributed by atoms with van der Waals surface area (Å²) < 4.78 is 6.43. The van der Waals surface area contributed by atoms with Crippen molar-refractivity contribution in [3.63, 3.8) is 0 Å². The van der Waals surface area contributed by atoms with Gasteiger partial charge in [-0.25, -0.2) is 15.0 Å². The Morgan fingerprint density at radius 3 is 1.92 bits per heavy atom. The number of hydrogen-bond acceptors (Lipinski definition) is 4. The molecular weight excluding hydrogens is 611 g/mol. The highest BCUT2D eigenvalue weighted by Crippen LogP contribution is 2.49. The number of hydrogen-bond donors (Lipinski definition) is 0. The number of benzene rings is 6. The zero-order valence-electron chi connectivity index (χ0n) is 27.7. The van der Waals surface area contributed by atoms with E-state index in [-0.39, 0.29) is 5.41 Å². The molecule has 4 nitrogen and oxygen atoms in total. The molecule has 3 heterocycles. The van der Waals surface area contributed by atoms with E-state index >= 15 is 0 Å². The van der Waals surface area contributed by atoms with Crippen molar-refractivity contribution < 1.29 is 4.42 Å². The fourth-order valence-corrected chi connectivity index (χ4v) is 7.74. The van der Waals surface area contributed by atoms with Gasteiger partial charge in [0.25, 0.3) is 0 Å². The summed E-state index contributed by atoms with van der Waals surface area (Å²) >= 11 is 0. The first-order valence-corrected chi connectivity index (χ1v) is 17.0. The van der Waals surface area contributed by atoms with Crippen molar-refractivity contribution >= 4 is 32.8 Å². The van der Waals surface area contributed by atoms with Crippen molar-refractivity contribution in [3.05, 3.63) is 163 Å². The molecule has 0 atom stereocenters. The summed E-state index contributed by atoms with van der Waals surface area (Å²) in [6.45, 7) is 4.61. The molecule has 4 heteroatoms. The highest BCUT2D eigenvalue weighted by Gasteiger charge is 2.35. The molecule has 1 aliphatic carbocycles. The Balaban J connectivity index is 1.11. The Kier molecular flexibility index (Phi) is 6.19. The van der Waals surface area contributed by atoms with Crippen molar-refractivity contribution in [3.8, 4) is 56.3 Å². The average molecular weight is 642 g/mol. The van der Waals surface area contributed by atoms with E-state index in [1.807, 2.05) is 36.4 Å². The van der Waals surface area contributed by atoms with E-state index in [1.54, 1.807) is 0 Å². The molecule has 0 saturated heterocycles. The molecule has 236 valence electrons. The quantitative estimate of drug-likeness (QED) is 0.192. The summed E-state index contributed by atoms with van der Waals surface area (Å²) in [5.41, 5.74) is 14.5. The number of nitrogens with zero attached hydrogens (tertiary/aromatic N) is 3. The van der Waals surface area contributed by atoms with Crippen LogP contribution in [0, 0.1) is 0 Å². The summed E-state index contributed by atoms with van der Waals surface area (Å²) in [4.78, 5) is 15.5. The number of aromatic nitrogens is 3. The second-order valence-corrected chi connectivity index (χ2v) is 13.6. The lowest BCUT2D eigenvalue weighted by Crippen LogP contribution is -2.15. The topological polar surface area (TPSA) is 51.8 Å². The fraction of sp³-hybridized carbons (Fsp3) is 0.0652. The van der Waals surface area contributed by atoms with Crippen molar-refractivity contribution in [2.75, 3.05) is 0 Å². The van der Waals surface area contributed by atoms with E-state index in [1.165, 1.54) is 22.3 Å². The third-order valence-corrected chi connectivity index (χ3v) is 10.3. The molecule has 10 rings (SSSR count). The number of para-hydroxylation sites is 2. The van der Waals surface area contributed by atoms with Gasteiger partial charge in [0, 0.05) is 38.4 Å². The van der Waals surface area contributed by atoms with Crippen LogP contribution in [0.25, 0.3) is 89.1 Å². The minimum atomic E-state index is -0.111. The number of furan rings is 1. The highest BCUT2D eigenvalue weighted by atomic mass is 16.3. The molecule has 0 aliphatic heterocycles. The molecule has 6 aromatic carbocycles. The number of pyridine rings is 1. The van der Waals surface area contributed by atoms with Crippen molar-refractivity contribution in [2.45, 2.75) is 19.3 Å². The first-order chi connectivity index (χ1) is 24.5. The van der Waals surface area contributed by atoms with E-state index in [0.717, 1.165) is 72.2 Å². The standard InChI is InChI=1S/C46H31N3O/c1-46(2)36-17-9-6-14-32(36)33-25-24-31(26-37(33)46)45-48-39(28-12-4-3-5-13-28)27-40(49-45)29-20-22-30(23-21-29)43-42-35-16-8-11-19-41(35)50-44(42)34-15-7-10-18-38(34)47-43/h3-27H,1-2H3. The van der Waals surface area contributed by atoms with Gasteiger partial charge < -0.3 is 4.42 Å². The summed E-state index contributed by atoms with van der Waals surface area (Å²) in [6, 6.07) is 52.8. The predicted molar refractivity (Wildman–Crippen MR) is 204 cm³/mol. The molecule has 0 fully saturated rings. The van der Waals surface area contributed by atoms with E-state index in [9.17, 15) is 0 Å². The summed E-state index contributed by atoms with van der Waals surface area (Å²) in [5.74, 6) is 0.711. The Labute approximate surface area is 289 Å². The largest absolute Gasteiger partial charge is 0.455 e. The van der Waals surface area contributed by atoms with E-state index in [4.69, 9.17) is 19.4 Å². The second-order valence-electron chi connectivity index (χ2n) is 13.6. The SMILES string of the molecule is CC1(C)c2ccccc2-c2ccc(-c3nc(-c4ccccc4)cc(-c4ccc(-c5nc6ccccc6c6oc7ccccc7c56)cc4)n3)cc21. The van der Waals surface area contributed by atoms with Crippen molar-refractivity contribution in [1.82, 2.24) is 15.0 Å². The van der Waals surface area contributed by atoms with Gasteiger partial charge in [0.15, 0.2) is 5.82 Å². The van der Waals surface area contributed by atoms with Crippen LogP contribution in [0.1, 0.15) is 25.0 Å².